The lowest BCUT2D eigenvalue weighted by atomic mass is 10.3. The standard InChI is InChI=1S/C7H9ClN2/c1-5-6(8)3-4-10-7(5)9-2/h3-4H,1-2H3,(H,9,10). The van der Waals surface area contributed by atoms with E-state index in [4.69, 9.17) is 11.6 Å². The third-order valence-corrected chi connectivity index (χ3v) is 1.78. The topological polar surface area (TPSA) is 24.9 Å². The number of pyridine rings is 1. The van der Waals surface area contributed by atoms with Crippen molar-refractivity contribution in [3.8, 4) is 0 Å². The highest BCUT2D eigenvalue weighted by atomic mass is 35.5. The SMILES string of the molecule is CNc1nccc(Cl)c1C. The molecule has 0 saturated carbocycles. The van der Waals surface area contributed by atoms with Crippen LogP contribution in [-0.2, 0) is 0 Å². The minimum absolute atomic E-state index is 0.749. The molecular formula is C7H9ClN2. The zero-order valence-electron chi connectivity index (χ0n) is 5.98. The van der Waals surface area contributed by atoms with E-state index in [-0.39, 0.29) is 0 Å². The summed E-state index contributed by atoms with van der Waals surface area (Å²) in [4.78, 5) is 4.06. The minimum atomic E-state index is 0.749. The van der Waals surface area contributed by atoms with Crippen molar-refractivity contribution in [1.82, 2.24) is 4.98 Å². The van der Waals surface area contributed by atoms with E-state index in [9.17, 15) is 0 Å². The Labute approximate surface area is 65.2 Å². The molecule has 0 aliphatic heterocycles. The lowest BCUT2D eigenvalue weighted by molar-refractivity contribution is 1.24. The van der Waals surface area contributed by atoms with Crippen LogP contribution in [0.4, 0.5) is 5.82 Å². The lowest BCUT2D eigenvalue weighted by Gasteiger charge is -2.03. The van der Waals surface area contributed by atoms with Gasteiger partial charge in [0, 0.05) is 23.8 Å². The molecule has 0 atom stereocenters. The first-order valence-corrected chi connectivity index (χ1v) is 3.42. The maximum absolute atomic E-state index is 5.81. The molecule has 0 aromatic carbocycles. The van der Waals surface area contributed by atoms with E-state index in [1.165, 1.54) is 0 Å². The maximum Gasteiger partial charge on any atom is 0.130 e. The number of rotatable bonds is 1. The van der Waals surface area contributed by atoms with Crippen LogP contribution in [0, 0.1) is 6.92 Å². The quantitative estimate of drug-likeness (QED) is 0.674. The first kappa shape index (κ1) is 7.35. The van der Waals surface area contributed by atoms with Crippen molar-refractivity contribution in [1.29, 1.82) is 0 Å². The molecular weight excluding hydrogens is 148 g/mol. The van der Waals surface area contributed by atoms with Crippen LogP contribution >= 0.6 is 11.6 Å². The smallest absolute Gasteiger partial charge is 0.130 e. The van der Waals surface area contributed by atoms with Gasteiger partial charge < -0.3 is 5.32 Å². The second-order valence-electron chi connectivity index (χ2n) is 2.02. The summed E-state index contributed by atoms with van der Waals surface area (Å²) in [6.45, 7) is 1.93. The first-order valence-electron chi connectivity index (χ1n) is 3.04. The number of nitrogens with zero attached hydrogens (tertiary/aromatic N) is 1. The van der Waals surface area contributed by atoms with E-state index in [1.54, 1.807) is 12.3 Å². The summed E-state index contributed by atoms with van der Waals surface area (Å²) in [6, 6.07) is 1.78. The predicted octanol–water partition coefficient (Wildman–Crippen LogP) is 2.09. The average Bonchev–Trinajstić information content (AvgIpc) is 1.95. The Morgan fingerprint density at radius 3 is 2.80 bits per heavy atom. The van der Waals surface area contributed by atoms with Crippen LogP contribution in [0.25, 0.3) is 0 Å². The normalized spacial score (nSPS) is 9.50. The van der Waals surface area contributed by atoms with Gasteiger partial charge in [-0.15, -0.1) is 0 Å². The predicted molar refractivity (Wildman–Crippen MR) is 43.5 cm³/mol. The molecule has 0 unspecified atom stereocenters. The molecule has 3 heteroatoms. The molecule has 1 heterocycles. The molecule has 0 bridgehead atoms. The Kier molecular flexibility index (Phi) is 2.12. The zero-order chi connectivity index (χ0) is 7.56. The van der Waals surface area contributed by atoms with Gasteiger partial charge in [0.05, 0.1) is 0 Å². The monoisotopic (exact) mass is 156 g/mol. The van der Waals surface area contributed by atoms with Gasteiger partial charge in [-0.3, -0.25) is 0 Å². The van der Waals surface area contributed by atoms with Crippen molar-refractivity contribution < 1.29 is 0 Å². The van der Waals surface area contributed by atoms with Gasteiger partial charge in [-0.25, -0.2) is 4.98 Å². The Bertz CT molecular complexity index is 235. The van der Waals surface area contributed by atoms with Crippen LogP contribution in [0.5, 0.6) is 0 Å². The summed E-state index contributed by atoms with van der Waals surface area (Å²) in [6.07, 6.45) is 1.68. The molecule has 0 fully saturated rings. The van der Waals surface area contributed by atoms with Gasteiger partial charge in [-0.05, 0) is 13.0 Å². The van der Waals surface area contributed by atoms with Crippen LogP contribution in [0.1, 0.15) is 5.56 Å². The van der Waals surface area contributed by atoms with Gasteiger partial charge in [0.15, 0.2) is 0 Å². The molecule has 1 aromatic rings. The highest BCUT2D eigenvalue weighted by Gasteiger charge is 1.98. The average molecular weight is 157 g/mol. The molecule has 1 rings (SSSR count). The fraction of sp³-hybridized carbons (Fsp3) is 0.286. The number of halogens is 1. The fourth-order valence-corrected chi connectivity index (χ4v) is 0.910. The molecule has 1 aromatic heterocycles. The van der Waals surface area contributed by atoms with Gasteiger partial charge in [0.1, 0.15) is 5.82 Å². The molecule has 0 amide bonds. The maximum atomic E-state index is 5.81. The number of nitrogens with one attached hydrogen (secondary N) is 1. The van der Waals surface area contributed by atoms with Gasteiger partial charge in [-0.2, -0.15) is 0 Å². The molecule has 1 N–H and O–H groups in total. The highest BCUT2D eigenvalue weighted by molar-refractivity contribution is 6.31. The number of anilines is 1. The van der Waals surface area contributed by atoms with Crippen molar-refractivity contribution in [3.05, 3.63) is 22.8 Å². The Hall–Kier alpha value is -0.760. The fourth-order valence-electron chi connectivity index (χ4n) is 0.764. The summed E-state index contributed by atoms with van der Waals surface area (Å²) in [5.41, 5.74) is 0.992. The van der Waals surface area contributed by atoms with Crippen molar-refractivity contribution in [2.24, 2.45) is 0 Å². The molecule has 0 spiro atoms. The number of hydrogen-bond donors (Lipinski definition) is 1. The van der Waals surface area contributed by atoms with Gasteiger partial charge in [-0.1, -0.05) is 11.6 Å². The van der Waals surface area contributed by atoms with Gasteiger partial charge in [0.25, 0.3) is 0 Å². The summed E-state index contributed by atoms with van der Waals surface area (Å²) >= 11 is 5.81. The Morgan fingerprint density at radius 1 is 1.60 bits per heavy atom. The molecule has 2 nitrogen and oxygen atoms in total. The van der Waals surface area contributed by atoms with Crippen molar-refractivity contribution in [3.63, 3.8) is 0 Å². The minimum Gasteiger partial charge on any atom is -0.373 e. The molecule has 0 aliphatic carbocycles. The number of hydrogen-bond acceptors (Lipinski definition) is 2. The largest absolute Gasteiger partial charge is 0.373 e. The third-order valence-electron chi connectivity index (χ3n) is 1.37. The molecule has 0 saturated heterocycles. The molecule has 0 aliphatic rings. The van der Waals surface area contributed by atoms with E-state index in [1.807, 2.05) is 14.0 Å². The van der Waals surface area contributed by atoms with E-state index in [2.05, 4.69) is 10.3 Å². The van der Waals surface area contributed by atoms with Gasteiger partial charge >= 0.3 is 0 Å². The summed E-state index contributed by atoms with van der Waals surface area (Å²) in [7, 11) is 1.83. The van der Waals surface area contributed by atoms with Gasteiger partial charge in [0.2, 0.25) is 0 Å². The van der Waals surface area contributed by atoms with Crippen LogP contribution in [0.15, 0.2) is 12.3 Å². The Balaban J connectivity index is 3.14. The molecule has 54 valence electrons. The molecule has 0 radical (unpaired) electrons. The van der Waals surface area contributed by atoms with E-state index in [0.29, 0.717) is 0 Å². The summed E-state index contributed by atoms with van der Waals surface area (Å²) in [5, 5.41) is 3.69. The summed E-state index contributed by atoms with van der Waals surface area (Å²) < 4.78 is 0. The van der Waals surface area contributed by atoms with E-state index < -0.39 is 0 Å². The first-order chi connectivity index (χ1) is 4.75. The van der Waals surface area contributed by atoms with Crippen molar-refractivity contribution in [2.45, 2.75) is 6.92 Å². The van der Waals surface area contributed by atoms with Crippen LogP contribution in [-0.4, -0.2) is 12.0 Å². The third kappa shape index (κ3) is 1.21. The second kappa shape index (κ2) is 2.88. The van der Waals surface area contributed by atoms with E-state index in [0.717, 1.165) is 16.4 Å². The second-order valence-corrected chi connectivity index (χ2v) is 2.42. The van der Waals surface area contributed by atoms with Crippen molar-refractivity contribution in [2.75, 3.05) is 12.4 Å². The lowest BCUT2D eigenvalue weighted by Crippen LogP contribution is -1.94. The van der Waals surface area contributed by atoms with Crippen molar-refractivity contribution >= 4 is 17.4 Å². The molecule has 10 heavy (non-hydrogen) atoms. The number of aromatic nitrogens is 1. The van der Waals surface area contributed by atoms with E-state index >= 15 is 0 Å². The zero-order valence-corrected chi connectivity index (χ0v) is 6.74. The Morgan fingerprint density at radius 2 is 2.30 bits per heavy atom. The van der Waals surface area contributed by atoms with Crippen LogP contribution in [0.2, 0.25) is 5.02 Å². The summed E-state index contributed by atoms with van der Waals surface area (Å²) in [5.74, 6) is 0.840. The highest BCUT2D eigenvalue weighted by Crippen LogP contribution is 2.19. The van der Waals surface area contributed by atoms with Crippen LogP contribution in [0.3, 0.4) is 0 Å². The van der Waals surface area contributed by atoms with Crippen LogP contribution < -0.4 is 5.32 Å².